The van der Waals surface area contributed by atoms with Gasteiger partial charge in [-0.15, -0.1) is 0 Å². The molecule has 0 aliphatic rings. The Bertz CT molecular complexity index is 4730. The molecule has 7 nitrogen and oxygen atoms in total. The largest absolute Gasteiger partial charge is 0.305 e. The normalized spacial score (nSPS) is 17.3. The number of benzene rings is 6. The molecule has 0 saturated heterocycles. The van der Waals surface area contributed by atoms with Crippen molar-refractivity contribution in [3.63, 3.8) is 0 Å². The Labute approximate surface area is 357 Å². The van der Waals surface area contributed by atoms with Crippen molar-refractivity contribution in [2.24, 2.45) is 0 Å². The number of hydrogen-bond acceptors (Lipinski definition) is 4. The van der Waals surface area contributed by atoms with Gasteiger partial charge in [0.05, 0.1) is 81.0 Å². The van der Waals surface area contributed by atoms with Crippen LogP contribution in [0.15, 0.2) is 188 Å². The Morgan fingerprint density at radius 3 is 1.81 bits per heavy atom. The molecular weight excluding hydrogens is 699 g/mol. The van der Waals surface area contributed by atoms with E-state index in [0.29, 0.717) is 0 Å². The summed E-state index contributed by atoms with van der Waals surface area (Å²) in [6.07, 6.45) is 4.18. The Kier molecular flexibility index (Phi) is 3.64. The number of rotatable bonds is 5. The predicted molar refractivity (Wildman–Crippen MR) is 232 cm³/mol. The monoisotopic (exact) mass is 751 g/mol. The zero-order valence-corrected chi connectivity index (χ0v) is 28.8. The van der Waals surface area contributed by atoms with Gasteiger partial charge in [-0.05, 0) is 48.4 Å². The Morgan fingerprint density at radius 1 is 0.474 bits per heavy atom. The highest BCUT2D eigenvalue weighted by Crippen LogP contribution is 2.42. The van der Waals surface area contributed by atoms with Crippen LogP contribution >= 0.6 is 0 Å². The molecule has 0 fully saturated rings. The molecule has 0 bridgehead atoms. The first-order valence-corrected chi connectivity index (χ1v) is 17.3. The second-order valence-corrected chi connectivity index (χ2v) is 12.7. The first-order valence-electron chi connectivity index (χ1n) is 28.3. The molecule has 0 spiro atoms. The van der Waals surface area contributed by atoms with Gasteiger partial charge in [0.25, 0.3) is 0 Å². The van der Waals surface area contributed by atoms with Gasteiger partial charge >= 0.3 is 0 Å². The molecular formula is C50H31N7. The molecule has 0 aliphatic carbocycles. The minimum absolute atomic E-state index is 0.00531. The molecule has 6 heterocycles. The number of nitrogens with zero attached hydrogens (tertiary/aromatic N) is 7. The van der Waals surface area contributed by atoms with Crippen molar-refractivity contribution in [3.05, 3.63) is 188 Å². The summed E-state index contributed by atoms with van der Waals surface area (Å²) in [5.41, 5.74) is -2.61. The van der Waals surface area contributed by atoms with Crippen LogP contribution in [0.4, 0.5) is 0 Å². The molecule has 0 atom stereocenters. The van der Waals surface area contributed by atoms with Crippen LogP contribution in [0.25, 0.3) is 105 Å². The molecule has 7 heteroatoms. The van der Waals surface area contributed by atoms with E-state index in [-0.39, 0.29) is 60.7 Å². The third-order valence-corrected chi connectivity index (χ3v) is 9.72. The molecule has 57 heavy (non-hydrogen) atoms. The lowest BCUT2D eigenvalue weighted by atomic mass is 10.1. The van der Waals surface area contributed by atoms with Crippen LogP contribution in [0.5, 0.6) is 0 Å². The van der Waals surface area contributed by atoms with Crippen LogP contribution < -0.4 is 0 Å². The van der Waals surface area contributed by atoms with Gasteiger partial charge in [-0.2, -0.15) is 0 Å². The molecule has 0 unspecified atom stereocenters. The van der Waals surface area contributed by atoms with Crippen LogP contribution in [0, 0.1) is 0 Å². The number of fused-ring (bicyclic) bond motifs is 9. The molecule has 6 aromatic heterocycles. The minimum atomic E-state index is -0.837. The topological polar surface area (TPSA) is 66.3 Å². The third kappa shape index (κ3) is 4.66. The summed E-state index contributed by atoms with van der Waals surface area (Å²) in [5, 5.41) is -0.297. The summed E-state index contributed by atoms with van der Waals surface area (Å²) in [5.74, 6) is -1.40. The van der Waals surface area contributed by atoms with Crippen molar-refractivity contribution in [3.8, 4) is 39.8 Å². The maximum atomic E-state index is 10.4. The summed E-state index contributed by atoms with van der Waals surface area (Å²) in [4.78, 5) is 18.5. The SMILES string of the molecule is [2H]c1c(-c2cccc(-n3c4ncccc4c4c([2H])c([2H])c([2H])c([2H])c43)c2-n2c3cnccc3c3c([2H])c([2H])c([2H])c([2H])c32)nc(-c2c([2H])c([2H])c([2H])c([2H])c2[2H])nc1-n1c2c([2H])c([2H])c([2H])c([2H])c2c2c([2H])c([2H])c([2H])c([2H])c21. The van der Waals surface area contributed by atoms with Gasteiger partial charge in [0.1, 0.15) is 11.5 Å². The lowest BCUT2D eigenvalue weighted by Gasteiger charge is -2.20. The van der Waals surface area contributed by atoms with Crippen LogP contribution in [0.2, 0.25) is 0 Å². The number of para-hydroxylation sites is 5. The van der Waals surface area contributed by atoms with Crippen molar-refractivity contribution in [1.82, 2.24) is 33.6 Å². The second-order valence-electron chi connectivity index (χ2n) is 12.7. The van der Waals surface area contributed by atoms with Crippen LogP contribution in [0.3, 0.4) is 0 Å². The van der Waals surface area contributed by atoms with Gasteiger partial charge in [0.15, 0.2) is 5.82 Å². The quantitative estimate of drug-likeness (QED) is 0.176. The maximum absolute atomic E-state index is 10.4. The fourth-order valence-corrected chi connectivity index (χ4v) is 7.45. The number of aromatic nitrogens is 7. The van der Waals surface area contributed by atoms with E-state index in [0.717, 1.165) is 4.57 Å². The zero-order valence-electron chi connectivity index (χ0n) is 50.8. The zero-order chi connectivity index (χ0) is 56.6. The lowest BCUT2D eigenvalue weighted by molar-refractivity contribution is 1.04. The third-order valence-electron chi connectivity index (χ3n) is 9.72. The summed E-state index contributed by atoms with van der Waals surface area (Å²) >= 11 is 0. The molecule has 266 valence electrons. The number of pyridine rings is 2. The van der Waals surface area contributed by atoms with Crippen LogP contribution in [-0.2, 0) is 0 Å². The highest BCUT2D eigenvalue weighted by Gasteiger charge is 2.25. The van der Waals surface area contributed by atoms with E-state index in [4.69, 9.17) is 26.9 Å². The van der Waals surface area contributed by atoms with Gasteiger partial charge < -0.3 is 4.57 Å². The first-order chi connectivity index (χ1) is 37.5. The minimum Gasteiger partial charge on any atom is -0.305 e. The maximum Gasteiger partial charge on any atom is 0.162 e. The van der Waals surface area contributed by atoms with Crippen molar-refractivity contribution in [2.75, 3.05) is 0 Å². The number of hydrogen-bond donors (Lipinski definition) is 0. The molecule has 0 radical (unpaired) electrons. The molecule has 0 N–H and O–H groups in total. The molecule has 12 aromatic rings. The predicted octanol–water partition coefficient (Wildman–Crippen LogP) is 11.9. The van der Waals surface area contributed by atoms with Crippen molar-refractivity contribution >= 4 is 65.5 Å². The Balaban J connectivity index is 1.37. The summed E-state index contributed by atoms with van der Waals surface area (Å²) < 4.78 is 203. The average molecular weight is 752 g/mol. The summed E-state index contributed by atoms with van der Waals surface area (Å²) in [6, 6.07) is -6.56. The van der Waals surface area contributed by atoms with E-state index in [2.05, 4.69) is 15.0 Å². The lowest BCUT2D eigenvalue weighted by Crippen LogP contribution is -2.08. The van der Waals surface area contributed by atoms with E-state index in [1.165, 1.54) is 52.0 Å². The smallest absolute Gasteiger partial charge is 0.162 e. The fraction of sp³-hybridized carbons (Fsp3) is 0. The van der Waals surface area contributed by atoms with E-state index in [9.17, 15) is 8.22 Å². The molecule has 12 rings (SSSR count). The average Bonchev–Trinajstić information content (AvgIpc) is 4.02. The standard InChI is InChI=1S/C50H31N7/c1-2-14-32(15-3-1)49-53-40(30-47(54-49)55-41-22-8-4-16-33(41)34-17-5-9-23-42(34)55)39-20-12-26-45(57-44-25-11-7-19-36(44)38-21-13-28-52-50(38)57)48(39)56-43-24-10-6-18-35(43)37-27-29-51-31-46(37)56/h1-31H/i1D,2D,3D,4D,5D,6D,7D,8D,9D,10D,11D,14D,15D,16D,17D,18D,19D,22D,23D,24D,25D,30D. The van der Waals surface area contributed by atoms with Crippen molar-refractivity contribution in [2.45, 2.75) is 0 Å². The second kappa shape index (κ2) is 12.3. The summed E-state index contributed by atoms with van der Waals surface area (Å²) in [6.45, 7) is 0. The molecule has 0 aliphatic heterocycles. The first kappa shape index (κ1) is 16.9. The highest BCUT2D eigenvalue weighted by atomic mass is 15.1. The fourth-order valence-electron chi connectivity index (χ4n) is 7.45. The highest BCUT2D eigenvalue weighted by molar-refractivity contribution is 6.12. The van der Waals surface area contributed by atoms with E-state index >= 15 is 0 Å². The van der Waals surface area contributed by atoms with Gasteiger partial charge in [-0.3, -0.25) is 14.1 Å². The van der Waals surface area contributed by atoms with Gasteiger partial charge in [0, 0.05) is 61.9 Å². The molecule has 0 saturated carbocycles. The van der Waals surface area contributed by atoms with Gasteiger partial charge in [-0.1, -0.05) is 115 Å². The van der Waals surface area contributed by atoms with Gasteiger partial charge in [0.2, 0.25) is 0 Å². The molecule has 0 amide bonds. The van der Waals surface area contributed by atoms with E-state index in [1.807, 2.05) is 0 Å². The van der Waals surface area contributed by atoms with E-state index in [1.54, 1.807) is 12.1 Å². The van der Waals surface area contributed by atoms with Crippen LogP contribution in [-0.4, -0.2) is 33.6 Å². The van der Waals surface area contributed by atoms with E-state index < -0.39 is 178 Å². The Morgan fingerprint density at radius 2 is 1.09 bits per heavy atom. The summed E-state index contributed by atoms with van der Waals surface area (Å²) in [7, 11) is 0. The molecule has 6 aromatic carbocycles. The van der Waals surface area contributed by atoms with Crippen LogP contribution in [0.1, 0.15) is 30.2 Å². The Hall–Kier alpha value is -7.90. The van der Waals surface area contributed by atoms with Crippen molar-refractivity contribution in [1.29, 1.82) is 0 Å². The van der Waals surface area contributed by atoms with Gasteiger partial charge in [-0.25, -0.2) is 15.0 Å². The van der Waals surface area contributed by atoms with Crippen molar-refractivity contribution < 1.29 is 30.2 Å².